The summed E-state index contributed by atoms with van der Waals surface area (Å²) in [6.07, 6.45) is 4.22. The smallest absolute Gasteiger partial charge is 0.410 e. The molecule has 22 heavy (non-hydrogen) atoms. The van der Waals surface area contributed by atoms with Gasteiger partial charge in [-0.2, -0.15) is 0 Å². The van der Waals surface area contributed by atoms with E-state index in [0.717, 1.165) is 50.4 Å². The maximum Gasteiger partial charge on any atom is 0.410 e. The standard InChI is InChI=1S/C16H24N2O2.C2H6/c17-10-4-7-14-8-11-18(12-9-14)16(19)20-13-15-5-2-1-3-6-15;1-2/h1-3,5-6,14H,4,7-13,17H2;1-2H3. The van der Waals surface area contributed by atoms with Crippen molar-refractivity contribution in [2.24, 2.45) is 11.7 Å². The van der Waals surface area contributed by atoms with E-state index in [9.17, 15) is 4.79 Å². The number of nitrogens with two attached hydrogens (primary N) is 1. The summed E-state index contributed by atoms with van der Waals surface area (Å²) in [4.78, 5) is 13.8. The van der Waals surface area contributed by atoms with Gasteiger partial charge >= 0.3 is 6.09 Å². The molecule has 1 aromatic carbocycles. The lowest BCUT2D eigenvalue weighted by Crippen LogP contribution is -2.38. The largest absolute Gasteiger partial charge is 0.445 e. The highest BCUT2D eigenvalue weighted by Gasteiger charge is 2.23. The fraction of sp³-hybridized carbons (Fsp3) is 0.611. The highest BCUT2D eigenvalue weighted by atomic mass is 16.6. The second-order valence-electron chi connectivity index (χ2n) is 5.40. The molecule has 4 heteroatoms. The highest BCUT2D eigenvalue weighted by molar-refractivity contribution is 5.67. The zero-order valence-electron chi connectivity index (χ0n) is 14.0. The zero-order valence-corrected chi connectivity index (χ0v) is 14.0. The average molecular weight is 306 g/mol. The summed E-state index contributed by atoms with van der Waals surface area (Å²) in [6, 6.07) is 9.79. The number of likely N-dealkylation sites (tertiary alicyclic amines) is 1. The van der Waals surface area contributed by atoms with Crippen molar-refractivity contribution in [3.63, 3.8) is 0 Å². The van der Waals surface area contributed by atoms with Crippen molar-refractivity contribution in [3.8, 4) is 0 Å². The van der Waals surface area contributed by atoms with Gasteiger partial charge in [0, 0.05) is 13.1 Å². The van der Waals surface area contributed by atoms with Gasteiger partial charge in [-0.05, 0) is 43.7 Å². The molecule has 1 aromatic rings. The number of carbonyl (C=O) groups is 1. The van der Waals surface area contributed by atoms with Gasteiger partial charge in [0.1, 0.15) is 6.61 Å². The molecule has 1 heterocycles. The number of hydrogen-bond acceptors (Lipinski definition) is 3. The van der Waals surface area contributed by atoms with Gasteiger partial charge in [-0.1, -0.05) is 44.2 Å². The third-order valence-electron chi connectivity index (χ3n) is 3.89. The van der Waals surface area contributed by atoms with Crippen LogP contribution < -0.4 is 5.73 Å². The minimum atomic E-state index is -0.189. The summed E-state index contributed by atoms with van der Waals surface area (Å²) in [5.41, 5.74) is 6.56. The van der Waals surface area contributed by atoms with E-state index in [4.69, 9.17) is 10.5 Å². The first-order valence-corrected chi connectivity index (χ1v) is 8.45. The topological polar surface area (TPSA) is 55.6 Å². The third-order valence-corrected chi connectivity index (χ3v) is 3.89. The van der Waals surface area contributed by atoms with Gasteiger partial charge in [0.2, 0.25) is 0 Å². The molecular weight excluding hydrogens is 276 g/mol. The number of piperidine rings is 1. The van der Waals surface area contributed by atoms with E-state index in [0.29, 0.717) is 6.61 Å². The fourth-order valence-corrected chi connectivity index (χ4v) is 2.62. The lowest BCUT2D eigenvalue weighted by Gasteiger charge is -2.31. The molecular formula is C18H30N2O2. The second kappa shape index (κ2) is 11.1. The highest BCUT2D eigenvalue weighted by Crippen LogP contribution is 2.22. The first-order chi connectivity index (χ1) is 10.8. The SMILES string of the molecule is CC.NCCCC1CCN(C(=O)OCc2ccccc2)CC1. The van der Waals surface area contributed by atoms with E-state index in [2.05, 4.69) is 0 Å². The molecule has 2 rings (SSSR count). The summed E-state index contributed by atoms with van der Waals surface area (Å²) < 4.78 is 5.35. The Kier molecular flexibility index (Phi) is 9.31. The molecule has 0 aliphatic carbocycles. The number of hydrogen-bond donors (Lipinski definition) is 1. The first kappa shape index (κ1) is 18.5. The van der Waals surface area contributed by atoms with Crippen LogP contribution in [-0.2, 0) is 11.3 Å². The summed E-state index contributed by atoms with van der Waals surface area (Å²) in [7, 11) is 0. The van der Waals surface area contributed by atoms with Crippen LogP contribution in [0.1, 0.15) is 45.1 Å². The van der Waals surface area contributed by atoms with Crippen LogP contribution in [0.15, 0.2) is 30.3 Å². The predicted molar refractivity (Wildman–Crippen MR) is 90.6 cm³/mol. The van der Waals surface area contributed by atoms with Crippen molar-refractivity contribution in [2.45, 2.75) is 46.1 Å². The Hall–Kier alpha value is -1.55. The molecule has 0 spiro atoms. The number of ether oxygens (including phenoxy) is 1. The summed E-state index contributed by atoms with van der Waals surface area (Å²) in [6.45, 7) is 6.73. The molecule has 0 bridgehead atoms. The minimum absolute atomic E-state index is 0.189. The van der Waals surface area contributed by atoms with Crippen LogP contribution in [0.3, 0.4) is 0 Å². The number of benzene rings is 1. The molecule has 124 valence electrons. The molecule has 1 amide bonds. The van der Waals surface area contributed by atoms with Gasteiger partial charge in [0.15, 0.2) is 0 Å². The van der Waals surface area contributed by atoms with Gasteiger partial charge in [0.25, 0.3) is 0 Å². The van der Waals surface area contributed by atoms with Crippen molar-refractivity contribution in [1.82, 2.24) is 4.90 Å². The van der Waals surface area contributed by atoms with E-state index in [1.165, 1.54) is 6.42 Å². The molecule has 0 saturated carbocycles. The number of rotatable bonds is 5. The molecule has 0 radical (unpaired) electrons. The first-order valence-electron chi connectivity index (χ1n) is 8.45. The minimum Gasteiger partial charge on any atom is -0.445 e. The molecule has 0 aromatic heterocycles. The Labute approximate surface area is 134 Å². The van der Waals surface area contributed by atoms with Crippen molar-refractivity contribution in [3.05, 3.63) is 35.9 Å². The normalized spacial score (nSPS) is 15.0. The van der Waals surface area contributed by atoms with Gasteiger partial charge in [0.05, 0.1) is 0 Å². The maximum absolute atomic E-state index is 12.0. The fourth-order valence-electron chi connectivity index (χ4n) is 2.62. The van der Waals surface area contributed by atoms with Gasteiger partial charge in [-0.15, -0.1) is 0 Å². The van der Waals surface area contributed by atoms with E-state index in [-0.39, 0.29) is 6.09 Å². The van der Waals surface area contributed by atoms with E-state index < -0.39 is 0 Å². The molecule has 1 fully saturated rings. The predicted octanol–water partition coefficient (Wildman–Crippen LogP) is 3.80. The molecule has 1 aliphatic rings. The van der Waals surface area contributed by atoms with Crippen molar-refractivity contribution < 1.29 is 9.53 Å². The maximum atomic E-state index is 12.0. The molecule has 0 unspecified atom stereocenters. The van der Waals surface area contributed by atoms with E-state index in [1.54, 1.807) is 0 Å². The lowest BCUT2D eigenvalue weighted by molar-refractivity contribution is 0.0814. The number of amides is 1. The van der Waals surface area contributed by atoms with Crippen LogP contribution >= 0.6 is 0 Å². The van der Waals surface area contributed by atoms with Crippen LogP contribution in [0.25, 0.3) is 0 Å². The Balaban J connectivity index is 0.00000116. The van der Waals surface area contributed by atoms with Gasteiger partial charge < -0.3 is 15.4 Å². The average Bonchev–Trinajstić information content (AvgIpc) is 2.61. The molecule has 1 saturated heterocycles. The number of nitrogens with zero attached hydrogens (tertiary/aromatic N) is 1. The van der Waals surface area contributed by atoms with Crippen molar-refractivity contribution in [1.29, 1.82) is 0 Å². The zero-order chi connectivity index (χ0) is 16.2. The van der Waals surface area contributed by atoms with E-state index >= 15 is 0 Å². The second-order valence-corrected chi connectivity index (χ2v) is 5.40. The Morgan fingerprint density at radius 1 is 1.23 bits per heavy atom. The van der Waals surface area contributed by atoms with Gasteiger partial charge in [-0.3, -0.25) is 0 Å². The number of carbonyl (C=O) groups excluding carboxylic acids is 1. The Morgan fingerprint density at radius 2 is 1.86 bits per heavy atom. The van der Waals surface area contributed by atoms with Crippen LogP contribution in [0, 0.1) is 5.92 Å². The Bertz CT molecular complexity index is 401. The summed E-state index contributed by atoms with van der Waals surface area (Å²) in [5.74, 6) is 0.719. The van der Waals surface area contributed by atoms with Crippen molar-refractivity contribution >= 4 is 6.09 Å². The monoisotopic (exact) mass is 306 g/mol. The van der Waals surface area contributed by atoms with Crippen LogP contribution in [0.4, 0.5) is 4.79 Å². The van der Waals surface area contributed by atoms with Gasteiger partial charge in [-0.25, -0.2) is 4.79 Å². The Morgan fingerprint density at radius 3 is 2.45 bits per heavy atom. The van der Waals surface area contributed by atoms with Crippen LogP contribution in [-0.4, -0.2) is 30.6 Å². The summed E-state index contributed by atoms with van der Waals surface area (Å²) in [5, 5.41) is 0. The lowest BCUT2D eigenvalue weighted by atomic mass is 9.92. The van der Waals surface area contributed by atoms with Crippen molar-refractivity contribution in [2.75, 3.05) is 19.6 Å². The molecule has 4 nitrogen and oxygen atoms in total. The molecule has 1 aliphatic heterocycles. The quantitative estimate of drug-likeness (QED) is 0.900. The van der Waals surface area contributed by atoms with Crippen LogP contribution in [0.5, 0.6) is 0 Å². The molecule has 0 atom stereocenters. The van der Waals surface area contributed by atoms with E-state index in [1.807, 2.05) is 49.1 Å². The third kappa shape index (κ3) is 6.48. The molecule has 2 N–H and O–H groups in total. The summed E-state index contributed by atoms with van der Waals surface area (Å²) >= 11 is 0. The van der Waals surface area contributed by atoms with Crippen LogP contribution in [0.2, 0.25) is 0 Å².